The number of rotatable bonds is 3. The van der Waals surface area contributed by atoms with Gasteiger partial charge < -0.3 is 5.73 Å². The molecule has 78 valence electrons. The van der Waals surface area contributed by atoms with Crippen LogP contribution in [0.25, 0.3) is 0 Å². The third kappa shape index (κ3) is 2.38. The van der Waals surface area contributed by atoms with E-state index in [1.807, 2.05) is 19.4 Å². The van der Waals surface area contributed by atoms with E-state index in [4.69, 9.17) is 5.73 Å². The second-order valence-electron chi connectivity index (χ2n) is 3.50. The minimum absolute atomic E-state index is 0.0737. The van der Waals surface area contributed by atoms with E-state index in [1.54, 1.807) is 17.1 Å². The van der Waals surface area contributed by atoms with Gasteiger partial charge in [0.05, 0.1) is 6.20 Å². The highest BCUT2D eigenvalue weighted by Crippen LogP contribution is 2.13. The van der Waals surface area contributed by atoms with Crippen LogP contribution in [0, 0.1) is 0 Å². The Bertz CT molecular complexity index is 422. The number of hydrogen-bond acceptors (Lipinski definition) is 4. The van der Waals surface area contributed by atoms with Crippen LogP contribution in [0.2, 0.25) is 0 Å². The first-order valence-corrected chi connectivity index (χ1v) is 4.73. The van der Waals surface area contributed by atoms with Crippen molar-refractivity contribution in [1.82, 2.24) is 19.7 Å². The van der Waals surface area contributed by atoms with Crippen molar-refractivity contribution in [3.8, 4) is 0 Å². The lowest BCUT2D eigenvalue weighted by Crippen LogP contribution is -2.13. The molecule has 0 aliphatic rings. The van der Waals surface area contributed by atoms with Crippen LogP contribution in [-0.2, 0) is 13.5 Å². The lowest BCUT2D eigenvalue weighted by Gasteiger charge is -2.08. The monoisotopic (exact) mass is 203 g/mol. The maximum atomic E-state index is 6.02. The molecule has 0 amide bonds. The molecule has 0 spiro atoms. The van der Waals surface area contributed by atoms with E-state index in [1.165, 1.54) is 6.33 Å². The first-order valence-electron chi connectivity index (χ1n) is 4.73. The maximum absolute atomic E-state index is 6.02. The zero-order valence-electron chi connectivity index (χ0n) is 8.54. The molecule has 1 atom stereocenters. The Balaban J connectivity index is 2.07. The molecule has 0 aromatic carbocycles. The minimum Gasteiger partial charge on any atom is -0.324 e. The molecule has 5 nitrogen and oxygen atoms in total. The fourth-order valence-electron chi connectivity index (χ4n) is 1.45. The predicted octanol–water partition coefficient (Wildman–Crippen LogP) is 0.453. The van der Waals surface area contributed by atoms with Crippen LogP contribution in [0.5, 0.6) is 0 Å². The van der Waals surface area contributed by atoms with Crippen molar-refractivity contribution in [2.24, 2.45) is 12.8 Å². The summed E-state index contributed by atoms with van der Waals surface area (Å²) < 4.78 is 1.77. The van der Waals surface area contributed by atoms with Gasteiger partial charge in [-0.1, -0.05) is 0 Å². The average molecular weight is 203 g/mol. The molecule has 2 aromatic rings. The molecule has 0 saturated heterocycles. The quantitative estimate of drug-likeness (QED) is 0.786. The number of nitrogens with zero attached hydrogens (tertiary/aromatic N) is 4. The van der Waals surface area contributed by atoms with Crippen molar-refractivity contribution in [1.29, 1.82) is 0 Å². The standard InChI is InChI=1S/C10H13N5/c1-15-6-8(3-14-15)2-10(11)9-4-12-7-13-5-9/h3-7,10H,2,11H2,1H3. The van der Waals surface area contributed by atoms with Crippen LogP contribution in [-0.4, -0.2) is 19.7 Å². The number of nitrogens with two attached hydrogens (primary N) is 1. The number of hydrogen-bond donors (Lipinski definition) is 1. The highest BCUT2D eigenvalue weighted by atomic mass is 15.2. The van der Waals surface area contributed by atoms with Crippen molar-refractivity contribution < 1.29 is 0 Å². The highest BCUT2D eigenvalue weighted by molar-refractivity contribution is 5.14. The van der Waals surface area contributed by atoms with E-state index in [0.717, 1.165) is 17.5 Å². The average Bonchev–Trinajstić information content (AvgIpc) is 2.65. The molecular weight excluding hydrogens is 190 g/mol. The third-order valence-corrected chi connectivity index (χ3v) is 2.22. The first kappa shape index (κ1) is 9.79. The molecule has 0 saturated carbocycles. The molecule has 2 N–H and O–H groups in total. The molecule has 2 heterocycles. The fourth-order valence-corrected chi connectivity index (χ4v) is 1.45. The van der Waals surface area contributed by atoms with Crippen LogP contribution in [0.15, 0.2) is 31.1 Å². The summed E-state index contributed by atoms with van der Waals surface area (Å²) in [4.78, 5) is 7.88. The van der Waals surface area contributed by atoms with Gasteiger partial charge in [-0.2, -0.15) is 5.10 Å². The van der Waals surface area contributed by atoms with Gasteiger partial charge in [0.25, 0.3) is 0 Å². The van der Waals surface area contributed by atoms with Gasteiger partial charge >= 0.3 is 0 Å². The number of aromatic nitrogens is 4. The van der Waals surface area contributed by atoms with E-state index < -0.39 is 0 Å². The van der Waals surface area contributed by atoms with Gasteiger partial charge in [-0.25, -0.2) is 9.97 Å². The Kier molecular flexibility index (Phi) is 2.73. The molecule has 15 heavy (non-hydrogen) atoms. The lowest BCUT2D eigenvalue weighted by atomic mass is 10.1. The summed E-state index contributed by atoms with van der Waals surface area (Å²) in [5.74, 6) is 0. The summed E-state index contributed by atoms with van der Waals surface area (Å²) in [6.07, 6.45) is 9.52. The van der Waals surface area contributed by atoms with Crippen LogP contribution >= 0.6 is 0 Å². The molecular formula is C10H13N5. The van der Waals surface area contributed by atoms with Crippen LogP contribution in [0.1, 0.15) is 17.2 Å². The van der Waals surface area contributed by atoms with E-state index >= 15 is 0 Å². The van der Waals surface area contributed by atoms with Crippen molar-refractivity contribution in [3.05, 3.63) is 42.2 Å². The summed E-state index contributed by atoms with van der Waals surface area (Å²) in [6, 6.07) is -0.0737. The van der Waals surface area contributed by atoms with Gasteiger partial charge in [-0.05, 0) is 12.0 Å². The van der Waals surface area contributed by atoms with Gasteiger partial charge in [0.1, 0.15) is 6.33 Å². The largest absolute Gasteiger partial charge is 0.324 e. The molecule has 0 radical (unpaired) electrons. The summed E-state index contributed by atoms with van der Waals surface area (Å²) in [5.41, 5.74) is 8.08. The minimum atomic E-state index is -0.0737. The van der Waals surface area contributed by atoms with E-state index in [0.29, 0.717) is 0 Å². The molecule has 5 heteroatoms. The van der Waals surface area contributed by atoms with Crippen molar-refractivity contribution >= 4 is 0 Å². The van der Waals surface area contributed by atoms with E-state index in [2.05, 4.69) is 15.1 Å². The predicted molar refractivity (Wildman–Crippen MR) is 55.9 cm³/mol. The molecule has 2 rings (SSSR count). The van der Waals surface area contributed by atoms with Crippen molar-refractivity contribution in [3.63, 3.8) is 0 Å². The van der Waals surface area contributed by atoms with Gasteiger partial charge in [-0.3, -0.25) is 4.68 Å². The van der Waals surface area contributed by atoms with Crippen molar-refractivity contribution in [2.75, 3.05) is 0 Å². The fraction of sp³-hybridized carbons (Fsp3) is 0.300. The Morgan fingerprint density at radius 3 is 2.67 bits per heavy atom. The zero-order chi connectivity index (χ0) is 10.7. The summed E-state index contributed by atoms with van der Waals surface area (Å²) in [7, 11) is 1.89. The highest BCUT2D eigenvalue weighted by Gasteiger charge is 2.08. The summed E-state index contributed by atoms with van der Waals surface area (Å²) in [6.45, 7) is 0. The second kappa shape index (κ2) is 4.18. The van der Waals surface area contributed by atoms with Gasteiger partial charge in [0.2, 0.25) is 0 Å². The zero-order valence-corrected chi connectivity index (χ0v) is 8.54. The Morgan fingerprint density at radius 1 is 1.33 bits per heavy atom. The molecule has 0 aliphatic carbocycles. The van der Waals surface area contributed by atoms with Crippen LogP contribution in [0.4, 0.5) is 0 Å². The third-order valence-electron chi connectivity index (χ3n) is 2.22. The van der Waals surface area contributed by atoms with E-state index in [9.17, 15) is 0 Å². The van der Waals surface area contributed by atoms with Crippen LogP contribution in [0.3, 0.4) is 0 Å². The Morgan fingerprint density at radius 2 is 2.07 bits per heavy atom. The van der Waals surface area contributed by atoms with E-state index in [-0.39, 0.29) is 6.04 Å². The Labute approximate surface area is 88.0 Å². The van der Waals surface area contributed by atoms with Gasteiger partial charge in [0.15, 0.2) is 0 Å². The lowest BCUT2D eigenvalue weighted by molar-refractivity contribution is 0.710. The second-order valence-corrected chi connectivity index (χ2v) is 3.50. The SMILES string of the molecule is Cn1cc(CC(N)c2cncnc2)cn1. The molecule has 2 aromatic heterocycles. The van der Waals surface area contributed by atoms with Gasteiger partial charge in [0, 0.05) is 37.2 Å². The smallest absolute Gasteiger partial charge is 0.115 e. The van der Waals surface area contributed by atoms with Crippen molar-refractivity contribution in [2.45, 2.75) is 12.5 Å². The Hall–Kier alpha value is -1.75. The van der Waals surface area contributed by atoms with Crippen LogP contribution < -0.4 is 5.73 Å². The first-order chi connectivity index (χ1) is 7.25. The maximum Gasteiger partial charge on any atom is 0.115 e. The number of aryl methyl sites for hydroxylation is 1. The molecule has 0 bridgehead atoms. The molecule has 1 unspecified atom stereocenters. The summed E-state index contributed by atoms with van der Waals surface area (Å²) >= 11 is 0. The molecule has 0 aliphatic heterocycles. The topological polar surface area (TPSA) is 69.6 Å². The summed E-state index contributed by atoms with van der Waals surface area (Å²) in [5, 5.41) is 4.09. The van der Waals surface area contributed by atoms with Gasteiger partial charge in [-0.15, -0.1) is 0 Å². The normalized spacial score (nSPS) is 12.7. The molecule has 0 fully saturated rings.